The van der Waals surface area contributed by atoms with Gasteiger partial charge in [0.15, 0.2) is 5.78 Å². The molecular weight excluding hydrogens is 396 g/mol. The Labute approximate surface area is 189 Å². The zero-order valence-electron chi connectivity index (χ0n) is 18.8. The predicted octanol–water partition coefficient (Wildman–Crippen LogP) is 4.62. The number of ether oxygens (including phenoxy) is 1. The van der Waals surface area contributed by atoms with Crippen LogP contribution in [0.1, 0.15) is 70.8 Å². The van der Waals surface area contributed by atoms with Crippen molar-refractivity contribution in [2.45, 2.75) is 50.5 Å². The molecule has 2 aromatic rings. The molecule has 6 rings (SSSR count). The Morgan fingerprint density at radius 2 is 1.81 bits per heavy atom. The topological polar surface area (TPSA) is 53.3 Å². The van der Waals surface area contributed by atoms with E-state index in [4.69, 9.17) is 4.74 Å². The van der Waals surface area contributed by atoms with Gasteiger partial charge in [-0.25, -0.2) is 0 Å². The van der Waals surface area contributed by atoms with Crippen molar-refractivity contribution < 1.29 is 9.53 Å². The van der Waals surface area contributed by atoms with Crippen LogP contribution >= 0.6 is 0 Å². The summed E-state index contributed by atoms with van der Waals surface area (Å²) in [5, 5.41) is 9.30. The molecule has 2 aromatic carbocycles. The number of likely N-dealkylation sites (tertiary alicyclic amines) is 1. The van der Waals surface area contributed by atoms with Crippen molar-refractivity contribution in [3.05, 3.63) is 75.4 Å². The number of nitrogens with zero attached hydrogens (tertiary/aromatic N) is 2. The van der Waals surface area contributed by atoms with E-state index < -0.39 is 0 Å². The molecule has 4 nitrogen and oxygen atoms in total. The summed E-state index contributed by atoms with van der Waals surface area (Å²) in [5.41, 5.74) is 8.04. The number of benzene rings is 2. The Kier molecular flexibility index (Phi) is 4.44. The van der Waals surface area contributed by atoms with Crippen LogP contribution in [0.25, 0.3) is 5.57 Å². The lowest BCUT2D eigenvalue weighted by Gasteiger charge is -2.42. The summed E-state index contributed by atoms with van der Waals surface area (Å²) in [6, 6.07) is 15.2. The minimum Gasteiger partial charge on any atom is -0.378 e. The van der Waals surface area contributed by atoms with Gasteiger partial charge in [0.2, 0.25) is 0 Å². The van der Waals surface area contributed by atoms with Crippen molar-refractivity contribution in [2.24, 2.45) is 0 Å². The van der Waals surface area contributed by atoms with E-state index in [2.05, 4.69) is 43.0 Å². The molecule has 0 saturated carbocycles. The molecule has 2 fully saturated rings. The highest BCUT2D eigenvalue weighted by Gasteiger charge is 2.43. The standard InChI is InChI=1S/C28H28N2O2/c1-28(2)24-12-19(18-7-9-30(10-8-18)21-15-32-16-21)4-6-23(24)27(31)26-22-5-3-17(14-29)11-20(22)13-25(26)28/h3-6,11-12,18,21H,7-10,13,15-16H2,1-2H3. The smallest absolute Gasteiger partial charge is 0.193 e. The first kappa shape index (κ1) is 19.9. The molecule has 0 radical (unpaired) electrons. The van der Waals surface area contributed by atoms with Crippen LogP contribution in [-0.4, -0.2) is 43.0 Å². The van der Waals surface area contributed by atoms with Crippen LogP contribution in [-0.2, 0) is 16.6 Å². The summed E-state index contributed by atoms with van der Waals surface area (Å²) in [6.45, 7) is 8.54. The molecule has 2 aliphatic carbocycles. The van der Waals surface area contributed by atoms with Crippen LogP contribution in [0.3, 0.4) is 0 Å². The SMILES string of the molecule is CC1(C)C2=C(C(=O)c3ccc(C4CCN(C5COC5)CC4)cc31)c1ccc(C#N)cc1C2. The molecule has 0 bridgehead atoms. The number of Topliss-reactive ketones (excluding diaryl/α,β-unsaturated/α-hetero) is 1. The molecular formula is C28H28N2O2. The first-order valence-electron chi connectivity index (χ1n) is 11.8. The van der Waals surface area contributed by atoms with Crippen molar-refractivity contribution in [2.75, 3.05) is 26.3 Å². The number of piperidine rings is 1. The molecule has 4 aliphatic rings. The van der Waals surface area contributed by atoms with Crippen molar-refractivity contribution in [3.63, 3.8) is 0 Å². The summed E-state index contributed by atoms with van der Waals surface area (Å²) >= 11 is 0. The van der Waals surface area contributed by atoms with Crippen molar-refractivity contribution >= 4 is 11.4 Å². The number of nitriles is 1. The Hall–Kier alpha value is -2.74. The minimum absolute atomic E-state index is 0.143. The predicted molar refractivity (Wildman–Crippen MR) is 124 cm³/mol. The second kappa shape index (κ2) is 7.13. The maximum Gasteiger partial charge on any atom is 0.193 e. The van der Waals surface area contributed by atoms with Crippen LogP contribution in [0.15, 0.2) is 42.0 Å². The summed E-state index contributed by atoms with van der Waals surface area (Å²) < 4.78 is 5.37. The Bertz CT molecular complexity index is 1200. The van der Waals surface area contributed by atoms with Crippen molar-refractivity contribution in [3.8, 4) is 6.07 Å². The number of carbonyl (C=O) groups is 1. The number of ketones is 1. The molecule has 2 saturated heterocycles. The fraction of sp³-hybridized carbons (Fsp3) is 0.429. The highest BCUT2D eigenvalue weighted by atomic mass is 16.5. The fourth-order valence-electron chi connectivity index (χ4n) is 6.15. The molecule has 0 N–H and O–H groups in total. The number of rotatable bonds is 2. The van der Waals surface area contributed by atoms with E-state index in [9.17, 15) is 10.1 Å². The van der Waals surface area contributed by atoms with Gasteiger partial charge in [-0.05, 0) is 78.2 Å². The van der Waals surface area contributed by atoms with E-state index in [1.165, 1.54) is 29.5 Å². The van der Waals surface area contributed by atoms with Crippen LogP contribution in [0.4, 0.5) is 0 Å². The van der Waals surface area contributed by atoms with Gasteiger partial charge in [0.1, 0.15) is 0 Å². The van der Waals surface area contributed by atoms with Crippen LogP contribution in [0.5, 0.6) is 0 Å². The molecule has 162 valence electrons. The average Bonchev–Trinajstić information content (AvgIpc) is 3.17. The van der Waals surface area contributed by atoms with Crippen LogP contribution in [0.2, 0.25) is 0 Å². The van der Waals surface area contributed by atoms with Gasteiger partial charge in [-0.2, -0.15) is 5.26 Å². The number of carbonyl (C=O) groups excluding carboxylic acids is 1. The molecule has 0 amide bonds. The first-order valence-corrected chi connectivity index (χ1v) is 11.8. The number of allylic oxidation sites excluding steroid dienone is 2. The largest absolute Gasteiger partial charge is 0.378 e. The van der Waals surface area contributed by atoms with E-state index in [0.29, 0.717) is 17.5 Å². The average molecular weight is 425 g/mol. The third-order valence-corrected chi connectivity index (χ3v) is 8.25. The number of hydrogen-bond donors (Lipinski definition) is 0. The first-order chi connectivity index (χ1) is 15.5. The molecule has 32 heavy (non-hydrogen) atoms. The number of fused-ring (bicyclic) bond motifs is 3. The molecule has 2 aliphatic heterocycles. The zero-order chi connectivity index (χ0) is 22.0. The van der Waals surface area contributed by atoms with Gasteiger partial charge in [-0.1, -0.05) is 38.1 Å². The zero-order valence-corrected chi connectivity index (χ0v) is 18.8. The fourth-order valence-corrected chi connectivity index (χ4v) is 6.15. The Morgan fingerprint density at radius 3 is 2.50 bits per heavy atom. The number of hydrogen-bond acceptors (Lipinski definition) is 4. The lowest BCUT2D eigenvalue weighted by atomic mass is 9.67. The lowest BCUT2D eigenvalue weighted by Crippen LogP contribution is -2.51. The summed E-state index contributed by atoms with van der Waals surface area (Å²) in [4.78, 5) is 16.2. The third-order valence-electron chi connectivity index (χ3n) is 8.25. The molecule has 0 atom stereocenters. The summed E-state index contributed by atoms with van der Waals surface area (Å²) in [7, 11) is 0. The normalized spacial score (nSPS) is 22.7. The quantitative estimate of drug-likeness (QED) is 0.706. The van der Waals surface area contributed by atoms with Gasteiger partial charge >= 0.3 is 0 Å². The summed E-state index contributed by atoms with van der Waals surface area (Å²) in [5.74, 6) is 0.696. The summed E-state index contributed by atoms with van der Waals surface area (Å²) in [6.07, 6.45) is 3.09. The molecule has 0 spiro atoms. The molecule has 2 heterocycles. The highest BCUT2D eigenvalue weighted by molar-refractivity contribution is 6.33. The Morgan fingerprint density at radius 1 is 1.06 bits per heavy atom. The molecule has 0 aromatic heterocycles. The van der Waals surface area contributed by atoms with E-state index in [1.807, 2.05) is 18.2 Å². The van der Waals surface area contributed by atoms with Gasteiger partial charge < -0.3 is 4.74 Å². The monoisotopic (exact) mass is 424 g/mol. The van der Waals surface area contributed by atoms with Crippen molar-refractivity contribution in [1.29, 1.82) is 5.26 Å². The third kappa shape index (κ3) is 2.85. The van der Waals surface area contributed by atoms with Crippen LogP contribution < -0.4 is 0 Å². The van der Waals surface area contributed by atoms with Gasteiger partial charge in [-0.15, -0.1) is 0 Å². The minimum atomic E-state index is -0.204. The van der Waals surface area contributed by atoms with E-state index in [0.717, 1.165) is 55.0 Å². The van der Waals surface area contributed by atoms with Gasteiger partial charge in [0.25, 0.3) is 0 Å². The van der Waals surface area contributed by atoms with E-state index >= 15 is 0 Å². The Balaban J connectivity index is 1.32. The lowest BCUT2D eigenvalue weighted by molar-refractivity contribution is -0.0712. The van der Waals surface area contributed by atoms with Crippen molar-refractivity contribution in [1.82, 2.24) is 4.90 Å². The van der Waals surface area contributed by atoms with E-state index in [-0.39, 0.29) is 11.2 Å². The second-order valence-corrected chi connectivity index (χ2v) is 10.3. The highest BCUT2D eigenvalue weighted by Crippen LogP contribution is 2.50. The maximum atomic E-state index is 13.6. The maximum absolute atomic E-state index is 13.6. The van der Waals surface area contributed by atoms with Crippen LogP contribution in [0, 0.1) is 11.3 Å². The molecule has 4 heteroatoms. The van der Waals surface area contributed by atoms with Gasteiger partial charge in [0, 0.05) is 16.6 Å². The van der Waals surface area contributed by atoms with E-state index in [1.54, 1.807) is 0 Å². The molecule has 0 unspecified atom stereocenters. The second-order valence-electron chi connectivity index (χ2n) is 10.3. The van der Waals surface area contributed by atoms with Gasteiger partial charge in [-0.3, -0.25) is 9.69 Å². The van der Waals surface area contributed by atoms with Gasteiger partial charge in [0.05, 0.1) is 30.9 Å².